The van der Waals surface area contributed by atoms with Crippen LogP contribution in [0.3, 0.4) is 0 Å². The van der Waals surface area contributed by atoms with Gasteiger partial charge in [0.15, 0.2) is 5.69 Å². The van der Waals surface area contributed by atoms with Crippen LogP contribution in [-0.2, 0) is 6.54 Å². The number of carbonyl (C=O) groups excluding carboxylic acids is 1. The highest BCUT2D eigenvalue weighted by Gasteiger charge is 2.17. The molecule has 0 aliphatic carbocycles. The second kappa shape index (κ2) is 5.99. The molecule has 2 aromatic rings. The van der Waals surface area contributed by atoms with Crippen LogP contribution in [0.15, 0.2) is 30.5 Å². The number of H-pyrrole nitrogens is 1. The van der Waals surface area contributed by atoms with Crippen LogP contribution >= 0.6 is 0 Å². The van der Waals surface area contributed by atoms with E-state index in [1.54, 1.807) is 4.90 Å². The van der Waals surface area contributed by atoms with Gasteiger partial charge in [-0.2, -0.15) is 15.4 Å². The molecule has 0 bridgehead atoms. The van der Waals surface area contributed by atoms with Crippen LogP contribution in [0.2, 0.25) is 0 Å². The number of hydrogen-bond acceptors (Lipinski definition) is 4. The Morgan fingerprint density at radius 2 is 2.32 bits per heavy atom. The Hall–Kier alpha value is -2.37. The maximum absolute atomic E-state index is 12.3. The van der Waals surface area contributed by atoms with Crippen LogP contribution in [0.25, 0.3) is 0 Å². The molecule has 1 aromatic heterocycles. The zero-order valence-electron chi connectivity index (χ0n) is 10.8. The number of aromatic amines is 1. The van der Waals surface area contributed by atoms with Crippen LogP contribution in [-0.4, -0.2) is 32.8 Å². The quantitative estimate of drug-likeness (QED) is 0.795. The second-order valence-electron chi connectivity index (χ2n) is 4.33. The summed E-state index contributed by atoms with van der Waals surface area (Å²) in [6.07, 6.45) is 2.32. The molecule has 0 saturated carbocycles. The van der Waals surface area contributed by atoms with E-state index in [4.69, 9.17) is 5.73 Å². The maximum Gasteiger partial charge on any atom is 0.276 e. The van der Waals surface area contributed by atoms with Gasteiger partial charge in [-0.1, -0.05) is 19.1 Å². The number of benzene rings is 1. The van der Waals surface area contributed by atoms with Gasteiger partial charge in [0.1, 0.15) is 0 Å². The minimum Gasteiger partial charge on any atom is -0.399 e. The SMILES string of the molecule is CCCN(Cc1cccc(N)c1)C(=O)c1cn[nH]n1. The summed E-state index contributed by atoms with van der Waals surface area (Å²) >= 11 is 0. The zero-order chi connectivity index (χ0) is 13.7. The molecule has 6 nitrogen and oxygen atoms in total. The number of hydrogen-bond donors (Lipinski definition) is 2. The van der Waals surface area contributed by atoms with Gasteiger partial charge < -0.3 is 10.6 Å². The van der Waals surface area contributed by atoms with Crippen LogP contribution in [0.5, 0.6) is 0 Å². The van der Waals surface area contributed by atoms with E-state index in [1.165, 1.54) is 6.20 Å². The number of amides is 1. The Morgan fingerprint density at radius 3 is 2.95 bits per heavy atom. The van der Waals surface area contributed by atoms with Gasteiger partial charge in [0, 0.05) is 18.8 Å². The Bertz CT molecular complexity index is 538. The molecule has 0 aliphatic heterocycles. The lowest BCUT2D eigenvalue weighted by Crippen LogP contribution is -2.31. The van der Waals surface area contributed by atoms with Gasteiger partial charge in [0.2, 0.25) is 0 Å². The van der Waals surface area contributed by atoms with Crippen molar-refractivity contribution >= 4 is 11.6 Å². The van der Waals surface area contributed by atoms with Crippen LogP contribution in [0.1, 0.15) is 29.4 Å². The largest absolute Gasteiger partial charge is 0.399 e. The van der Waals surface area contributed by atoms with Gasteiger partial charge in [-0.05, 0) is 24.1 Å². The highest BCUT2D eigenvalue weighted by atomic mass is 16.2. The number of nitrogens with one attached hydrogen (secondary N) is 1. The summed E-state index contributed by atoms with van der Waals surface area (Å²) in [5.41, 5.74) is 7.78. The van der Waals surface area contributed by atoms with Crippen molar-refractivity contribution in [1.29, 1.82) is 0 Å². The molecule has 1 heterocycles. The number of anilines is 1. The van der Waals surface area contributed by atoms with E-state index in [1.807, 2.05) is 31.2 Å². The first-order valence-electron chi connectivity index (χ1n) is 6.20. The average Bonchev–Trinajstić information content (AvgIpc) is 2.91. The van der Waals surface area contributed by atoms with Crippen molar-refractivity contribution in [3.05, 3.63) is 41.7 Å². The average molecular weight is 259 g/mol. The molecule has 2 rings (SSSR count). The predicted octanol–water partition coefficient (Wildman–Crippen LogP) is 1.44. The molecule has 0 saturated heterocycles. The fourth-order valence-corrected chi connectivity index (χ4v) is 1.90. The lowest BCUT2D eigenvalue weighted by molar-refractivity contribution is 0.0737. The van der Waals surface area contributed by atoms with Gasteiger partial charge >= 0.3 is 0 Å². The molecule has 1 amide bonds. The van der Waals surface area contributed by atoms with Gasteiger partial charge in [-0.3, -0.25) is 4.79 Å². The Morgan fingerprint density at radius 1 is 1.47 bits per heavy atom. The summed E-state index contributed by atoms with van der Waals surface area (Å²) in [4.78, 5) is 14.0. The van der Waals surface area contributed by atoms with E-state index >= 15 is 0 Å². The third kappa shape index (κ3) is 3.31. The summed E-state index contributed by atoms with van der Waals surface area (Å²) in [5, 5.41) is 9.94. The molecule has 1 aromatic carbocycles. The van der Waals surface area contributed by atoms with E-state index in [9.17, 15) is 4.79 Å². The molecule has 0 unspecified atom stereocenters. The summed E-state index contributed by atoms with van der Waals surface area (Å²) in [6.45, 7) is 3.22. The number of carbonyl (C=O) groups is 1. The summed E-state index contributed by atoms with van der Waals surface area (Å²) in [7, 11) is 0. The third-order valence-electron chi connectivity index (χ3n) is 2.74. The number of rotatable bonds is 5. The van der Waals surface area contributed by atoms with Crippen LogP contribution < -0.4 is 5.73 Å². The van der Waals surface area contributed by atoms with E-state index in [2.05, 4.69) is 15.4 Å². The van der Waals surface area contributed by atoms with E-state index in [0.29, 0.717) is 24.5 Å². The summed E-state index contributed by atoms with van der Waals surface area (Å²) in [5.74, 6) is -0.127. The molecule has 6 heteroatoms. The standard InChI is InChI=1S/C13H17N5O/c1-2-6-18(13(19)12-8-15-17-16-12)9-10-4-3-5-11(14)7-10/h3-5,7-8H,2,6,9,14H2,1H3,(H,15,16,17). The molecule has 100 valence electrons. The first-order valence-corrected chi connectivity index (χ1v) is 6.20. The Kier molecular flexibility index (Phi) is 4.12. The molecule has 19 heavy (non-hydrogen) atoms. The monoisotopic (exact) mass is 259 g/mol. The number of nitrogens with zero attached hydrogens (tertiary/aromatic N) is 3. The van der Waals surface area contributed by atoms with E-state index < -0.39 is 0 Å². The fraction of sp³-hybridized carbons (Fsp3) is 0.308. The van der Waals surface area contributed by atoms with E-state index in [0.717, 1.165) is 12.0 Å². The first-order chi connectivity index (χ1) is 9.20. The van der Waals surface area contributed by atoms with Crippen molar-refractivity contribution in [2.45, 2.75) is 19.9 Å². The van der Waals surface area contributed by atoms with Crippen molar-refractivity contribution in [3.63, 3.8) is 0 Å². The highest BCUT2D eigenvalue weighted by Crippen LogP contribution is 2.12. The Balaban J connectivity index is 2.14. The normalized spacial score (nSPS) is 10.4. The Labute approximate surface area is 111 Å². The smallest absolute Gasteiger partial charge is 0.276 e. The van der Waals surface area contributed by atoms with E-state index in [-0.39, 0.29) is 5.91 Å². The predicted molar refractivity (Wildman–Crippen MR) is 72.3 cm³/mol. The minimum absolute atomic E-state index is 0.127. The highest BCUT2D eigenvalue weighted by molar-refractivity contribution is 5.91. The molecule has 0 fully saturated rings. The molecular weight excluding hydrogens is 242 g/mol. The lowest BCUT2D eigenvalue weighted by atomic mass is 10.2. The molecule has 0 aliphatic rings. The van der Waals surface area contributed by atoms with Crippen molar-refractivity contribution in [2.24, 2.45) is 0 Å². The van der Waals surface area contributed by atoms with Gasteiger partial charge in [0.05, 0.1) is 6.20 Å². The number of nitrogens with two attached hydrogens (primary N) is 1. The molecule has 0 atom stereocenters. The van der Waals surface area contributed by atoms with Crippen LogP contribution in [0, 0.1) is 0 Å². The molecular formula is C13H17N5O. The topological polar surface area (TPSA) is 87.9 Å². The second-order valence-corrected chi connectivity index (χ2v) is 4.33. The van der Waals surface area contributed by atoms with Crippen molar-refractivity contribution < 1.29 is 4.79 Å². The maximum atomic E-state index is 12.3. The van der Waals surface area contributed by atoms with Crippen molar-refractivity contribution in [2.75, 3.05) is 12.3 Å². The zero-order valence-corrected chi connectivity index (χ0v) is 10.8. The summed E-state index contributed by atoms with van der Waals surface area (Å²) < 4.78 is 0. The summed E-state index contributed by atoms with van der Waals surface area (Å²) in [6, 6.07) is 7.54. The van der Waals surface area contributed by atoms with Crippen molar-refractivity contribution in [3.8, 4) is 0 Å². The molecule has 3 N–H and O–H groups in total. The van der Waals surface area contributed by atoms with Gasteiger partial charge in [-0.25, -0.2) is 0 Å². The van der Waals surface area contributed by atoms with Crippen molar-refractivity contribution in [1.82, 2.24) is 20.3 Å². The first kappa shape index (κ1) is 13.1. The van der Waals surface area contributed by atoms with Gasteiger partial charge in [0.25, 0.3) is 5.91 Å². The van der Waals surface area contributed by atoms with Gasteiger partial charge in [-0.15, -0.1) is 0 Å². The number of nitrogen functional groups attached to an aromatic ring is 1. The molecule has 0 radical (unpaired) electrons. The van der Waals surface area contributed by atoms with Crippen LogP contribution in [0.4, 0.5) is 5.69 Å². The minimum atomic E-state index is -0.127. The fourth-order valence-electron chi connectivity index (χ4n) is 1.90. The number of aromatic nitrogens is 3. The molecule has 0 spiro atoms. The third-order valence-corrected chi connectivity index (χ3v) is 2.74. The lowest BCUT2D eigenvalue weighted by Gasteiger charge is -2.21.